The van der Waals surface area contributed by atoms with Gasteiger partial charge in [-0.15, -0.1) is 0 Å². The van der Waals surface area contributed by atoms with Gasteiger partial charge in [-0.2, -0.15) is 0 Å². The Balaban J connectivity index is 3.13. The Bertz CT molecular complexity index is 606. The van der Waals surface area contributed by atoms with Crippen molar-refractivity contribution in [2.24, 2.45) is 0 Å². The van der Waals surface area contributed by atoms with Crippen molar-refractivity contribution in [3.05, 3.63) is 46.9 Å². The van der Waals surface area contributed by atoms with E-state index in [9.17, 15) is 9.59 Å². The van der Waals surface area contributed by atoms with Gasteiger partial charge in [0.05, 0.1) is 21.3 Å². The molecular formula is C15H15ClO6. The summed E-state index contributed by atoms with van der Waals surface area (Å²) in [7, 11) is 3.85. The lowest BCUT2D eigenvalue weighted by atomic mass is 10.2. The highest BCUT2D eigenvalue weighted by atomic mass is 35.5. The number of carbonyl (C=O) groups excluding carboxylic acids is 2. The quantitative estimate of drug-likeness (QED) is 0.454. The summed E-state index contributed by atoms with van der Waals surface area (Å²) in [5.74, 6) is -1.11. The van der Waals surface area contributed by atoms with Crippen LogP contribution in [0.5, 0.6) is 5.75 Å². The molecule has 0 bridgehead atoms. The van der Waals surface area contributed by atoms with Gasteiger partial charge < -0.3 is 18.9 Å². The molecule has 7 heteroatoms. The van der Waals surface area contributed by atoms with Crippen LogP contribution in [0.25, 0.3) is 6.08 Å². The molecule has 0 aliphatic carbocycles. The Morgan fingerprint density at radius 2 is 1.86 bits per heavy atom. The number of hydrogen-bond donors (Lipinski definition) is 0. The molecule has 0 amide bonds. The second-order valence-electron chi connectivity index (χ2n) is 3.85. The number of benzene rings is 1. The number of halogens is 1. The molecule has 1 aromatic rings. The highest BCUT2D eigenvalue weighted by Gasteiger charge is 2.15. The highest BCUT2D eigenvalue weighted by molar-refractivity contribution is 6.30. The normalized spacial score (nSPS) is 11.2. The third-order valence-corrected chi connectivity index (χ3v) is 2.64. The first-order chi connectivity index (χ1) is 10.5. The molecule has 0 saturated carbocycles. The smallest absolute Gasteiger partial charge is 0.377 e. The molecule has 0 aromatic heterocycles. The van der Waals surface area contributed by atoms with E-state index in [2.05, 4.69) is 9.47 Å². The highest BCUT2D eigenvalue weighted by Crippen LogP contribution is 2.26. The fraction of sp³-hybridized carbons (Fsp3) is 0.200. The second kappa shape index (κ2) is 8.74. The van der Waals surface area contributed by atoms with E-state index in [0.29, 0.717) is 16.3 Å². The van der Waals surface area contributed by atoms with E-state index >= 15 is 0 Å². The minimum Gasteiger partial charge on any atom is -0.500 e. The van der Waals surface area contributed by atoms with Gasteiger partial charge in [0.25, 0.3) is 0 Å². The predicted molar refractivity (Wildman–Crippen MR) is 80.2 cm³/mol. The zero-order chi connectivity index (χ0) is 16.5. The average molecular weight is 327 g/mol. The number of ether oxygens (including phenoxy) is 4. The molecule has 6 nitrogen and oxygen atoms in total. The average Bonchev–Trinajstić information content (AvgIpc) is 2.53. The van der Waals surface area contributed by atoms with Crippen LogP contribution in [0.4, 0.5) is 0 Å². The lowest BCUT2D eigenvalue weighted by molar-refractivity contribution is -0.139. The maximum Gasteiger partial charge on any atom is 0.377 e. The molecule has 0 aliphatic rings. The second-order valence-corrected chi connectivity index (χ2v) is 4.29. The van der Waals surface area contributed by atoms with Crippen LogP contribution in [0, 0.1) is 0 Å². The van der Waals surface area contributed by atoms with E-state index in [0.717, 1.165) is 6.26 Å². The fourth-order valence-corrected chi connectivity index (χ4v) is 1.59. The number of hydrogen-bond acceptors (Lipinski definition) is 6. The van der Waals surface area contributed by atoms with Crippen molar-refractivity contribution in [1.29, 1.82) is 0 Å². The molecule has 0 heterocycles. The van der Waals surface area contributed by atoms with Crippen molar-refractivity contribution in [2.45, 2.75) is 0 Å². The summed E-state index contributed by atoms with van der Waals surface area (Å²) in [4.78, 5) is 22.8. The number of methoxy groups -OCH3 is 3. The van der Waals surface area contributed by atoms with Crippen LogP contribution in [0.2, 0.25) is 5.02 Å². The number of carbonyl (C=O) groups is 2. The Labute approximate surface area is 132 Å². The summed E-state index contributed by atoms with van der Waals surface area (Å²) >= 11 is 5.92. The molecule has 0 N–H and O–H groups in total. The molecule has 0 saturated heterocycles. The summed E-state index contributed by atoms with van der Waals surface area (Å²) in [6.45, 7) is 0. The van der Waals surface area contributed by atoms with Gasteiger partial charge in [0.15, 0.2) is 0 Å². The van der Waals surface area contributed by atoms with Crippen LogP contribution in [0.15, 0.2) is 36.3 Å². The number of rotatable bonds is 6. The van der Waals surface area contributed by atoms with E-state index in [1.165, 1.54) is 33.5 Å². The SMILES string of the molecule is CO/C=C(/Oc1ccc(Cl)cc1/C=C/C(=O)OC)C(=O)OC. The third kappa shape index (κ3) is 5.14. The van der Waals surface area contributed by atoms with Gasteiger partial charge in [0.2, 0.25) is 5.76 Å². The molecule has 0 spiro atoms. The summed E-state index contributed by atoms with van der Waals surface area (Å²) in [6.07, 6.45) is 3.76. The molecule has 1 rings (SSSR count). The molecular weight excluding hydrogens is 312 g/mol. The monoisotopic (exact) mass is 326 g/mol. The van der Waals surface area contributed by atoms with Crippen LogP contribution in [0.3, 0.4) is 0 Å². The first kappa shape index (κ1) is 17.6. The summed E-state index contributed by atoms with van der Waals surface area (Å²) in [5.41, 5.74) is 0.476. The molecule has 0 aliphatic heterocycles. The minimum atomic E-state index is -0.709. The van der Waals surface area contributed by atoms with Crippen LogP contribution >= 0.6 is 11.6 Å². The number of esters is 2. The van der Waals surface area contributed by atoms with Crippen LogP contribution in [-0.4, -0.2) is 33.3 Å². The molecule has 1 aromatic carbocycles. The van der Waals surface area contributed by atoms with Crippen molar-refractivity contribution < 1.29 is 28.5 Å². The first-order valence-corrected chi connectivity index (χ1v) is 6.44. The van der Waals surface area contributed by atoms with Crippen LogP contribution < -0.4 is 4.74 Å². The van der Waals surface area contributed by atoms with E-state index in [1.54, 1.807) is 18.2 Å². The molecule has 0 fully saturated rings. The topological polar surface area (TPSA) is 71.1 Å². The van der Waals surface area contributed by atoms with Gasteiger partial charge in [0.1, 0.15) is 12.0 Å². The van der Waals surface area contributed by atoms with Crippen molar-refractivity contribution in [1.82, 2.24) is 0 Å². The van der Waals surface area contributed by atoms with Crippen LogP contribution in [-0.2, 0) is 23.8 Å². The van der Waals surface area contributed by atoms with E-state index in [4.69, 9.17) is 21.1 Å². The van der Waals surface area contributed by atoms with Crippen LogP contribution in [0.1, 0.15) is 5.56 Å². The van der Waals surface area contributed by atoms with Crippen molar-refractivity contribution in [2.75, 3.05) is 21.3 Å². The lowest BCUT2D eigenvalue weighted by Crippen LogP contribution is -2.11. The Kier molecular flexibility index (Phi) is 6.98. The Morgan fingerprint density at radius 1 is 1.14 bits per heavy atom. The minimum absolute atomic E-state index is 0.153. The van der Waals surface area contributed by atoms with E-state index in [-0.39, 0.29) is 5.76 Å². The lowest BCUT2D eigenvalue weighted by Gasteiger charge is -2.10. The van der Waals surface area contributed by atoms with E-state index in [1.807, 2.05) is 0 Å². The fourth-order valence-electron chi connectivity index (χ4n) is 1.41. The molecule has 0 unspecified atom stereocenters. The van der Waals surface area contributed by atoms with Crippen molar-refractivity contribution in [3.63, 3.8) is 0 Å². The van der Waals surface area contributed by atoms with Gasteiger partial charge >= 0.3 is 11.9 Å². The van der Waals surface area contributed by atoms with Gasteiger partial charge in [-0.1, -0.05) is 11.6 Å². The van der Waals surface area contributed by atoms with Gasteiger partial charge in [-0.3, -0.25) is 0 Å². The molecule has 0 atom stereocenters. The zero-order valence-corrected chi connectivity index (χ0v) is 13.0. The summed E-state index contributed by atoms with van der Waals surface area (Å²) in [5, 5.41) is 0.437. The van der Waals surface area contributed by atoms with Crippen molar-refractivity contribution in [3.8, 4) is 5.75 Å². The van der Waals surface area contributed by atoms with Gasteiger partial charge in [-0.05, 0) is 24.3 Å². The van der Waals surface area contributed by atoms with Gasteiger partial charge in [-0.25, -0.2) is 9.59 Å². The van der Waals surface area contributed by atoms with E-state index < -0.39 is 11.9 Å². The summed E-state index contributed by atoms with van der Waals surface area (Å²) < 4.78 is 19.3. The molecule has 118 valence electrons. The standard InChI is InChI=1S/C15H15ClO6/c1-19-9-13(15(18)21-3)22-12-6-5-11(16)8-10(12)4-7-14(17)20-2/h4-9H,1-3H3/b7-4+,13-9+. The predicted octanol–water partition coefficient (Wildman–Crippen LogP) is 2.57. The van der Waals surface area contributed by atoms with Gasteiger partial charge in [0, 0.05) is 16.7 Å². The molecule has 22 heavy (non-hydrogen) atoms. The van der Waals surface area contributed by atoms with Crippen molar-refractivity contribution >= 4 is 29.6 Å². The largest absolute Gasteiger partial charge is 0.500 e. The third-order valence-electron chi connectivity index (χ3n) is 2.40. The Morgan fingerprint density at radius 3 is 2.45 bits per heavy atom. The maximum atomic E-state index is 11.6. The first-order valence-electron chi connectivity index (χ1n) is 6.06. The molecule has 0 radical (unpaired) electrons. The zero-order valence-electron chi connectivity index (χ0n) is 12.3. The summed E-state index contributed by atoms with van der Waals surface area (Å²) in [6, 6.07) is 4.69. The Hall–Kier alpha value is -2.47. The maximum absolute atomic E-state index is 11.6.